The van der Waals surface area contributed by atoms with Gasteiger partial charge in [0.05, 0.1) is 6.54 Å². The molecule has 2 aliphatic rings. The van der Waals surface area contributed by atoms with Gasteiger partial charge in [0.15, 0.2) is 0 Å². The third-order valence-electron chi connectivity index (χ3n) is 4.93. The monoisotopic (exact) mass is 336 g/mol. The van der Waals surface area contributed by atoms with Crippen LogP contribution in [-0.4, -0.2) is 60.0 Å². The molecule has 0 aromatic carbocycles. The molecule has 0 bridgehead atoms. The number of thiazole rings is 1. The van der Waals surface area contributed by atoms with Crippen molar-refractivity contribution in [1.29, 1.82) is 0 Å². The number of hydrogen-bond acceptors (Lipinski definition) is 5. The molecule has 1 N–H and O–H groups in total. The van der Waals surface area contributed by atoms with Crippen LogP contribution < -0.4 is 5.32 Å². The molecule has 0 unspecified atom stereocenters. The second-order valence-electron chi connectivity index (χ2n) is 6.89. The molecule has 2 saturated heterocycles. The van der Waals surface area contributed by atoms with Crippen LogP contribution >= 0.6 is 11.3 Å². The predicted octanol–water partition coefficient (Wildman–Crippen LogP) is 2.20. The molecule has 1 amide bonds. The molecule has 0 atom stereocenters. The van der Waals surface area contributed by atoms with E-state index >= 15 is 0 Å². The van der Waals surface area contributed by atoms with Gasteiger partial charge in [-0.05, 0) is 57.8 Å². The number of likely N-dealkylation sites (tertiary alicyclic amines) is 2. The van der Waals surface area contributed by atoms with E-state index in [1.807, 2.05) is 5.38 Å². The summed E-state index contributed by atoms with van der Waals surface area (Å²) < 4.78 is 0. The van der Waals surface area contributed by atoms with E-state index < -0.39 is 0 Å². The van der Waals surface area contributed by atoms with E-state index in [4.69, 9.17) is 0 Å². The Morgan fingerprint density at radius 2 is 2.00 bits per heavy atom. The largest absolute Gasteiger partial charge is 0.349 e. The number of amides is 1. The maximum absolute atomic E-state index is 12.2. The highest BCUT2D eigenvalue weighted by atomic mass is 32.1. The van der Waals surface area contributed by atoms with Crippen molar-refractivity contribution in [3.63, 3.8) is 0 Å². The first kappa shape index (κ1) is 16.9. The SMILES string of the molecule is CC1CCN(Cc2nc(C(=O)NCCN3CCCC3)cs2)CC1. The first-order chi connectivity index (χ1) is 11.2. The predicted molar refractivity (Wildman–Crippen MR) is 93.8 cm³/mol. The Labute approximate surface area is 143 Å². The van der Waals surface area contributed by atoms with Gasteiger partial charge in [-0.2, -0.15) is 0 Å². The van der Waals surface area contributed by atoms with Crippen molar-refractivity contribution in [3.8, 4) is 0 Å². The summed E-state index contributed by atoms with van der Waals surface area (Å²) in [6.07, 6.45) is 5.13. The molecule has 1 aromatic heterocycles. The number of carbonyl (C=O) groups excluding carboxylic acids is 1. The summed E-state index contributed by atoms with van der Waals surface area (Å²) in [6.45, 7) is 9.53. The highest BCUT2D eigenvalue weighted by Gasteiger charge is 2.18. The van der Waals surface area contributed by atoms with Gasteiger partial charge in [0.1, 0.15) is 10.7 Å². The van der Waals surface area contributed by atoms with Gasteiger partial charge in [0, 0.05) is 18.5 Å². The zero-order valence-electron chi connectivity index (χ0n) is 14.1. The first-order valence-electron chi connectivity index (χ1n) is 8.88. The van der Waals surface area contributed by atoms with E-state index in [-0.39, 0.29) is 5.91 Å². The smallest absolute Gasteiger partial charge is 0.270 e. The van der Waals surface area contributed by atoms with Crippen LogP contribution in [0, 0.1) is 5.92 Å². The number of hydrogen-bond donors (Lipinski definition) is 1. The minimum absolute atomic E-state index is 0.0287. The summed E-state index contributed by atoms with van der Waals surface area (Å²) in [5, 5.41) is 5.95. The van der Waals surface area contributed by atoms with Gasteiger partial charge in [-0.15, -0.1) is 11.3 Å². The Balaban J connectivity index is 1.41. The number of carbonyl (C=O) groups is 1. The molecule has 5 nitrogen and oxygen atoms in total. The number of aromatic nitrogens is 1. The Morgan fingerprint density at radius 1 is 1.26 bits per heavy atom. The van der Waals surface area contributed by atoms with Crippen molar-refractivity contribution in [2.75, 3.05) is 39.3 Å². The van der Waals surface area contributed by atoms with Crippen molar-refractivity contribution in [2.45, 2.75) is 39.2 Å². The van der Waals surface area contributed by atoms with Gasteiger partial charge < -0.3 is 10.2 Å². The van der Waals surface area contributed by atoms with E-state index in [9.17, 15) is 4.79 Å². The van der Waals surface area contributed by atoms with Crippen LogP contribution in [0.3, 0.4) is 0 Å². The third-order valence-corrected chi connectivity index (χ3v) is 5.77. The maximum Gasteiger partial charge on any atom is 0.270 e. The summed E-state index contributed by atoms with van der Waals surface area (Å²) in [5.41, 5.74) is 0.580. The molecule has 23 heavy (non-hydrogen) atoms. The van der Waals surface area contributed by atoms with Crippen LogP contribution in [0.25, 0.3) is 0 Å². The number of piperidine rings is 1. The maximum atomic E-state index is 12.2. The third kappa shape index (κ3) is 4.99. The van der Waals surface area contributed by atoms with E-state index in [0.29, 0.717) is 5.69 Å². The zero-order valence-corrected chi connectivity index (χ0v) is 14.9. The zero-order chi connectivity index (χ0) is 16.1. The lowest BCUT2D eigenvalue weighted by molar-refractivity contribution is 0.0945. The molecule has 3 heterocycles. The molecular formula is C17H28N4OS. The summed E-state index contributed by atoms with van der Waals surface area (Å²) in [6, 6.07) is 0. The first-order valence-corrected chi connectivity index (χ1v) is 9.76. The summed E-state index contributed by atoms with van der Waals surface area (Å²) in [5.74, 6) is 0.818. The van der Waals surface area contributed by atoms with Crippen LogP contribution in [0.5, 0.6) is 0 Å². The van der Waals surface area contributed by atoms with E-state index in [1.54, 1.807) is 11.3 Å². The van der Waals surface area contributed by atoms with Gasteiger partial charge in [0.25, 0.3) is 5.91 Å². The Hall–Kier alpha value is -0.980. The minimum Gasteiger partial charge on any atom is -0.349 e. The molecule has 6 heteroatoms. The highest BCUT2D eigenvalue weighted by molar-refractivity contribution is 7.09. The summed E-state index contributed by atoms with van der Waals surface area (Å²) in [7, 11) is 0. The molecule has 1 aromatic rings. The molecule has 2 aliphatic heterocycles. The molecular weight excluding hydrogens is 308 g/mol. The molecule has 3 rings (SSSR count). The van der Waals surface area contributed by atoms with E-state index in [2.05, 4.69) is 27.0 Å². The second kappa shape index (κ2) is 8.22. The number of nitrogens with zero attached hydrogens (tertiary/aromatic N) is 3. The van der Waals surface area contributed by atoms with E-state index in [1.165, 1.54) is 38.8 Å². The molecule has 0 radical (unpaired) electrons. The van der Waals surface area contributed by atoms with Gasteiger partial charge >= 0.3 is 0 Å². The fourth-order valence-electron chi connectivity index (χ4n) is 3.32. The van der Waals surface area contributed by atoms with Crippen LogP contribution in [0.15, 0.2) is 5.38 Å². The number of rotatable bonds is 6. The van der Waals surface area contributed by atoms with Crippen molar-refractivity contribution >= 4 is 17.2 Å². The van der Waals surface area contributed by atoms with Gasteiger partial charge in [-0.25, -0.2) is 4.98 Å². The van der Waals surface area contributed by atoms with Gasteiger partial charge in [-0.1, -0.05) is 6.92 Å². The van der Waals surface area contributed by atoms with E-state index in [0.717, 1.165) is 43.6 Å². The normalized spacial score (nSPS) is 20.9. The Bertz CT molecular complexity index is 504. The van der Waals surface area contributed by atoms with Gasteiger partial charge in [-0.3, -0.25) is 9.69 Å². The lowest BCUT2D eigenvalue weighted by Gasteiger charge is -2.29. The molecule has 128 valence electrons. The van der Waals surface area contributed by atoms with Crippen molar-refractivity contribution < 1.29 is 4.79 Å². The molecule has 0 saturated carbocycles. The lowest BCUT2D eigenvalue weighted by Crippen LogP contribution is -2.34. The lowest BCUT2D eigenvalue weighted by atomic mass is 9.99. The van der Waals surface area contributed by atoms with Gasteiger partial charge in [0.2, 0.25) is 0 Å². The fraction of sp³-hybridized carbons (Fsp3) is 0.765. The average Bonchev–Trinajstić information content (AvgIpc) is 3.21. The van der Waals surface area contributed by atoms with Crippen LogP contribution in [0.2, 0.25) is 0 Å². The summed E-state index contributed by atoms with van der Waals surface area (Å²) >= 11 is 1.61. The minimum atomic E-state index is -0.0287. The van der Waals surface area contributed by atoms with Crippen LogP contribution in [0.4, 0.5) is 0 Å². The standard InChI is InChI=1S/C17H28N4OS/c1-14-4-9-21(10-5-14)12-16-19-15(13-23-16)17(22)18-6-11-20-7-2-3-8-20/h13-14H,2-12H2,1H3,(H,18,22). The van der Waals surface area contributed by atoms with Crippen LogP contribution in [-0.2, 0) is 6.54 Å². The summed E-state index contributed by atoms with van der Waals surface area (Å²) in [4.78, 5) is 21.6. The highest BCUT2D eigenvalue weighted by Crippen LogP contribution is 2.19. The Morgan fingerprint density at radius 3 is 2.74 bits per heavy atom. The number of nitrogens with one attached hydrogen (secondary N) is 1. The average molecular weight is 337 g/mol. The van der Waals surface area contributed by atoms with Crippen molar-refractivity contribution in [2.24, 2.45) is 5.92 Å². The molecule has 0 aliphatic carbocycles. The van der Waals surface area contributed by atoms with Crippen molar-refractivity contribution in [3.05, 3.63) is 16.1 Å². The Kier molecular flexibility index (Phi) is 6.02. The fourth-order valence-corrected chi connectivity index (χ4v) is 4.14. The van der Waals surface area contributed by atoms with Crippen molar-refractivity contribution in [1.82, 2.24) is 20.1 Å². The quantitative estimate of drug-likeness (QED) is 0.865. The second-order valence-corrected chi connectivity index (χ2v) is 7.83. The van der Waals surface area contributed by atoms with Crippen LogP contribution in [0.1, 0.15) is 48.1 Å². The molecule has 0 spiro atoms. The topological polar surface area (TPSA) is 48.5 Å². The molecule has 2 fully saturated rings.